The van der Waals surface area contributed by atoms with E-state index in [0.29, 0.717) is 12.0 Å². The first-order chi connectivity index (χ1) is 9.74. The average molecular weight is 294 g/mol. The Labute approximate surface area is 123 Å². The highest BCUT2D eigenvalue weighted by molar-refractivity contribution is 7.98. The quantitative estimate of drug-likeness (QED) is 0.695. The number of nitrogens with one attached hydrogen (secondary N) is 3. The lowest BCUT2D eigenvalue weighted by atomic mass is 10.2. The highest BCUT2D eigenvalue weighted by Gasteiger charge is 2.11. The van der Waals surface area contributed by atoms with E-state index in [2.05, 4.69) is 50.9 Å². The Kier molecular flexibility index (Phi) is 5.46. The minimum Gasteiger partial charge on any atom is -0.367 e. The van der Waals surface area contributed by atoms with Crippen LogP contribution in [0.5, 0.6) is 0 Å². The molecule has 2 rings (SSSR count). The second kappa shape index (κ2) is 7.33. The van der Waals surface area contributed by atoms with Crippen LogP contribution in [-0.2, 0) is 0 Å². The van der Waals surface area contributed by atoms with Crippen molar-refractivity contribution >= 4 is 34.6 Å². The van der Waals surface area contributed by atoms with Gasteiger partial charge in [0.1, 0.15) is 5.82 Å². The maximum atomic E-state index is 4.56. The lowest BCUT2D eigenvalue weighted by molar-refractivity contribution is 0.768. The Morgan fingerprint density at radius 2 is 2.25 bits per heavy atom. The number of aromatic nitrogens is 4. The van der Waals surface area contributed by atoms with E-state index < -0.39 is 0 Å². The minimum atomic E-state index is 0.370. The molecule has 1 unspecified atom stereocenters. The van der Waals surface area contributed by atoms with E-state index in [1.807, 2.05) is 11.8 Å². The number of anilines is 2. The van der Waals surface area contributed by atoms with Gasteiger partial charge in [-0.05, 0) is 31.8 Å². The SMILES string of the molecule is CCCNc1nc(NC(C)CCSC)c2cn[nH]c2n1. The van der Waals surface area contributed by atoms with Crippen LogP contribution in [0, 0.1) is 0 Å². The molecule has 2 heterocycles. The topological polar surface area (TPSA) is 78.5 Å². The summed E-state index contributed by atoms with van der Waals surface area (Å²) in [4.78, 5) is 8.98. The van der Waals surface area contributed by atoms with Gasteiger partial charge in [0.15, 0.2) is 5.65 Å². The smallest absolute Gasteiger partial charge is 0.226 e. The van der Waals surface area contributed by atoms with Crippen LogP contribution in [0.1, 0.15) is 26.7 Å². The van der Waals surface area contributed by atoms with Gasteiger partial charge in [-0.1, -0.05) is 6.92 Å². The molecule has 20 heavy (non-hydrogen) atoms. The predicted molar refractivity (Wildman–Crippen MR) is 86.5 cm³/mol. The van der Waals surface area contributed by atoms with Gasteiger partial charge in [-0.15, -0.1) is 0 Å². The molecule has 0 radical (unpaired) electrons. The van der Waals surface area contributed by atoms with E-state index >= 15 is 0 Å². The third-order valence-electron chi connectivity index (χ3n) is 2.98. The van der Waals surface area contributed by atoms with Crippen molar-refractivity contribution in [1.29, 1.82) is 0 Å². The van der Waals surface area contributed by atoms with Crippen LogP contribution < -0.4 is 10.6 Å². The molecule has 2 aromatic rings. The fourth-order valence-electron chi connectivity index (χ4n) is 1.86. The zero-order valence-corrected chi connectivity index (χ0v) is 13.0. The van der Waals surface area contributed by atoms with Gasteiger partial charge >= 0.3 is 0 Å². The van der Waals surface area contributed by atoms with Crippen LogP contribution in [0.3, 0.4) is 0 Å². The van der Waals surface area contributed by atoms with Gasteiger partial charge in [0, 0.05) is 12.6 Å². The number of aromatic amines is 1. The van der Waals surface area contributed by atoms with E-state index in [-0.39, 0.29) is 0 Å². The predicted octanol–water partition coefficient (Wildman–Crippen LogP) is 2.73. The molecule has 110 valence electrons. The number of rotatable bonds is 8. The number of hydrogen-bond acceptors (Lipinski definition) is 6. The first-order valence-electron chi connectivity index (χ1n) is 6.95. The molecule has 0 aliphatic rings. The Hall–Kier alpha value is -1.50. The van der Waals surface area contributed by atoms with Crippen molar-refractivity contribution in [2.24, 2.45) is 0 Å². The third kappa shape index (κ3) is 3.75. The highest BCUT2D eigenvalue weighted by Crippen LogP contribution is 2.21. The summed E-state index contributed by atoms with van der Waals surface area (Å²) in [5, 5.41) is 14.6. The van der Waals surface area contributed by atoms with Gasteiger partial charge in [0.05, 0.1) is 11.6 Å². The normalized spacial score (nSPS) is 12.6. The van der Waals surface area contributed by atoms with Gasteiger partial charge in [-0.25, -0.2) is 0 Å². The van der Waals surface area contributed by atoms with Crippen molar-refractivity contribution in [1.82, 2.24) is 20.2 Å². The zero-order valence-electron chi connectivity index (χ0n) is 12.2. The van der Waals surface area contributed by atoms with Crippen LogP contribution in [0.2, 0.25) is 0 Å². The van der Waals surface area contributed by atoms with Crippen molar-refractivity contribution in [3.05, 3.63) is 6.20 Å². The molecule has 0 saturated carbocycles. The average Bonchev–Trinajstić information content (AvgIpc) is 2.91. The van der Waals surface area contributed by atoms with Crippen molar-refractivity contribution in [3.63, 3.8) is 0 Å². The molecule has 7 heteroatoms. The minimum absolute atomic E-state index is 0.370. The van der Waals surface area contributed by atoms with E-state index in [1.54, 1.807) is 6.20 Å². The molecule has 0 aliphatic heterocycles. The second-order valence-electron chi connectivity index (χ2n) is 4.78. The van der Waals surface area contributed by atoms with E-state index in [0.717, 1.165) is 42.0 Å². The monoisotopic (exact) mass is 294 g/mol. The highest BCUT2D eigenvalue weighted by atomic mass is 32.2. The Morgan fingerprint density at radius 1 is 1.40 bits per heavy atom. The number of fused-ring (bicyclic) bond motifs is 1. The molecule has 3 N–H and O–H groups in total. The number of H-pyrrole nitrogens is 1. The van der Waals surface area contributed by atoms with E-state index in [9.17, 15) is 0 Å². The maximum Gasteiger partial charge on any atom is 0.226 e. The molecule has 1 atom stereocenters. The van der Waals surface area contributed by atoms with Crippen LogP contribution >= 0.6 is 11.8 Å². The van der Waals surface area contributed by atoms with Crippen LogP contribution in [-0.4, -0.2) is 44.8 Å². The first-order valence-corrected chi connectivity index (χ1v) is 8.34. The molecule has 0 aromatic carbocycles. The van der Waals surface area contributed by atoms with Gasteiger partial charge < -0.3 is 10.6 Å². The maximum absolute atomic E-state index is 4.56. The van der Waals surface area contributed by atoms with E-state index in [4.69, 9.17) is 0 Å². The number of hydrogen-bond donors (Lipinski definition) is 3. The summed E-state index contributed by atoms with van der Waals surface area (Å²) < 4.78 is 0. The lowest BCUT2D eigenvalue weighted by Gasteiger charge is -2.15. The van der Waals surface area contributed by atoms with E-state index in [1.165, 1.54) is 0 Å². The van der Waals surface area contributed by atoms with Crippen molar-refractivity contribution in [2.75, 3.05) is 29.2 Å². The van der Waals surface area contributed by atoms with Crippen molar-refractivity contribution < 1.29 is 0 Å². The van der Waals surface area contributed by atoms with Crippen LogP contribution in [0.15, 0.2) is 6.20 Å². The Bertz CT molecular complexity index is 541. The van der Waals surface area contributed by atoms with Gasteiger partial charge in [-0.3, -0.25) is 5.10 Å². The zero-order chi connectivity index (χ0) is 14.4. The summed E-state index contributed by atoms with van der Waals surface area (Å²) in [7, 11) is 0. The van der Waals surface area contributed by atoms with Gasteiger partial charge in [0.2, 0.25) is 5.95 Å². The summed E-state index contributed by atoms with van der Waals surface area (Å²) in [5.74, 6) is 2.62. The Morgan fingerprint density at radius 3 is 3.00 bits per heavy atom. The molecule has 0 spiro atoms. The molecule has 0 fully saturated rings. The van der Waals surface area contributed by atoms with Crippen molar-refractivity contribution in [3.8, 4) is 0 Å². The lowest BCUT2D eigenvalue weighted by Crippen LogP contribution is -2.18. The summed E-state index contributed by atoms with van der Waals surface area (Å²) in [5.41, 5.74) is 0.762. The third-order valence-corrected chi connectivity index (χ3v) is 3.62. The molecule has 0 saturated heterocycles. The molecule has 0 bridgehead atoms. The molecule has 0 aliphatic carbocycles. The largest absolute Gasteiger partial charge is 0.367 e. The Balaban J connectivity index is 2.18. The molecular weight excluding hydrogens is 272 g/mol. The summed E-state index contributed by atoms with van der Waals surface area (Å²) >= 11 is 1.86. The standard InChI is InChI=1S/C13H22N6S/c1-4-6-14-13-17-11(16-9(2)5-7-20-3)10-8-15-19-12(10)18-13/h8-9H,4-7H2,1-3H3,(H3,14,15,16,17,18,19). The number of nitrogens with zero attached hydrogens (tertiary/aromatic N) is 3. The van der Waals surface area contributed by atoms with Gasteiger partial charge in [0.25, 0.3) is 0 Å². The summed E-state index contributed by atoms with van der Waals surface area (Å²) in [6.45, 7) is 5.15. The molecule has 6 nitrogen and oxygen atoms in total. The first kappa shape index (κ1) is 14.9. The van der Waals surface area contributed by atoms with Crippen molar-refractivity contribution in [2.45, 2.75) is 32.7 Å². The molecule has 0 amide bonds. The fraction of sp³-hybridized carbons (Fsp3) is 0.615. The van der Waals surface area contributed by atoms with Crippen LogP contribution in [0.25, 0.3) is 11.0 Å². The summed E-state index contributed by atoms with van der Waals surface area (Å²) in [6, 6.07) is 0.370. The van der Waals surface area contributed by atoms with Crippen LogP contribution in [0.4, 0.5) is 11.8 Å². The fourth-order valence-corrected chi connectivity index (χ4v) is 2.45. The molecular formula is C13H22N6S. The molecule has 2 aromatic heterocycles. The summed E-state index contributed by atoms with van der Waals surface area (Å²) in [6.07, 6.45) is 6.03. The van der Waals surface area contributed by atoms with Gasteiger partial charge in [-0.2, -0.15) is 26.8 Å². The number of thioether (sulfide) groups is 1. The second-order valence-corrected chi connectivity index (χ2v) is 5.77.